The second-order valence-corrected chi connectivity index (χ2v) is 4.61. The van der Waals surface area contributed by atoms with Gasteiger partial charge in [0.2, 0.25) is 5.91 Å². The Balaban J connectivity index is 2.57. The van der Waals surface area contributed by atoms with Crippen LogP contribution < -0.4 is 5.73 Å². The lowest BCUT2D eigenvalue weighted by Gasteiger charge is -2.10. The molecular weight excluding hydrogens is 244 g/mol. The van der Waals surface area contributed by atoms with Crippen LogP contribution in [0.25, 0.3) is 10.7 Å². The number of aromatic nitrogens is 3. The molecule has 0 saturated heterocycles. The molecule has 0 fully saturated rings. The second kappa shape index (κ2) is 4.18. The van der Waals surface area contributed by atoms with Crippen LogP contribution in [0.15, 0.2) is 17.5 Å². The predicted octanol–water partition coefficient (Wildman–Crippen LogP) is 1.72. The molecule has 0 aliphatic heterocycles. The normalized spacial score (nSPS) is 12.6. The van der Waals surface area contributed by atoms with E-state index in [1.165, 1.54) is 11.3 Å². The maximum Gasteiger partial charge on any atom is 0.240 e. The summed E-state index contributed by atoms with van der Waals surface area (Å²) in [6.45, 7) is 1.70. The van der Waals surface area contributed by atoms with E-state index in [1.807, 2.05) is 17.5 Å². The predicted molar refractivity (Wildman–Crippen MR) is 64.6 cm³/mol. The number of amides is 1. The van der Waals surface area contributed by atoms with Gasteiger partial charge in [-0.05, 0) is 30.6 Å². The van der Waals surface area contributed by atoms with Crippen LogP contribution in [-0.2, 0) is 4.79 Å². The molecule has 0 aromatic carbocycles. The van der Waals surface area contributed by atoms with Gasteiger partial charge in [0.1, 0.15) is 6.04 Å². The first-order chi connectivity index (χ1) is 7.61. The van der Waals surface area contributed by atoms with E-state index in [0.29, 0.717) is 10.6 Å². The van der Waals surface area contributed by atoms with E-state index in [4.69, 9.17) is 18.0 Å². The van der Waals surface area contributed by atoms with Crippen molar-refractivity contribution < 1.29 is 4.79 Å². The van der Waals surface area contributed by atoms with Gasteiger partial charge in [-0.3, -0.25) is 14.5 Å². The standard InChI is InChI=1S/C9H10N4OS2/c1-5(7(10)14)13-8(11-12-9(13)15)6-3-2-4-16-6/h2-5H,1H3,(H2,10,14)(H,12,15). The number of carbonyl (C=O) groups excluding carboxylic acids is 1. The van der Waals surface area contributed by atoms with Crippen molar-refractivity contribution in [2.75, 3.05) is 0 Å². The van der Waals surface area contributed by atoms with Gasteiger partial charge in [0, 0.05) is 0 Å². The first-order valence-corrected chi connectivity index (χ1v) is 5.90. The van der Waals surface area contributed by atoms with Crippen molar-refractivity contribution in [3.05, 3.63) is 22.3 Å². The van der Waals surface area contributed by atoms with Crippen molar-refractivity contribution >= 4 is 29.5 Å². The number of aromatic amines is 1. The number of carbonyl (C=O) groups is 1. The monoisotopic (exact) mass is 254 g/mol. The van der Waals surface area contributed by atoms with Gasteiger partial charge < -0.3 is 5.73 Å². The van der Waals surface area contributed by atoms with Gasteiger partial charge in [0.05, 0.1) is 4.88 Å². The zero-order valence-corrected chi connectivity index (χ0v) is 10.1. The summed E-state index contributed by atoms with van der Waals surface area (Å²) >= 11 is 6.61. The Bertz CT molecular complexity index is 554. The highest BCUT2D eigenvalue weighted by Gasteiger charge is 2.18. The van der Waals surface area contributed by atoms with Crippen molar-refractivity contribution in [2.24, 2.45) is 5.73 Å². The van der Waals surface area contributed by atoms with Crippen LogP contribution in [0.5, 0.6) is 0 Å². The van der Waals surface area contributed by atoms with E-state index >= 15 is 0 Å². The Labute approximate surface area is 101 Å². The van der Waals surface area contributed by atoms with Gasteiger partial charge >= 0.3 is 0 Å². The minimum absolute atomic E-state index is 0.398. The maximum absolute atomic E-state index is 11.2. The van der Waals surface area contributed by atoms with Crippen LogP contribution in [0.4, 0.5) is 0 Å². The molecule has 16 heavy (non-hydrogen) atoms. The van der Waals surface area contributed by atoms with Crippen molar-refractivity contribution in [3.63, 3.8) is 0 Å². The van der Waals surface area contributed by atoms with Crippen LogP contribution in [0, 0.1) is 4.77 Å². The van der Waals surface area contributed by atoms with Crippen LogP contribution in [-0.4, -0.2) is 20.7 Å². The van der Waals surface area contributed by atoms with E-state index in [1.54, 1.807) is 11.5 Å². The molecule has 84 valence electrons. The Morgan fingerprint density at radius 3 is 3.06 bits per heavy atom. The fraction of sp³-hybridized carbons (Fsp3) is 0.222. The topological polar surface area (TPSA) is 76.7 Å². The van der Waals surface area contributed by atoms with E-state index in [2.05, 4.69) is 10.2 Å². The number of hydrogen-bond donors (Lipinski definition) is 2. The third kappa shape index (κ3) is 1.79. The lowest BCUT2D eigenvalue weighted by Crippen LogP contribution is -2.24. The maximum atomic E-state index is 11.2. The Kier molecular flexibility index (Phi) is 2.88. The van der Waals surface area contributed by atoms with Gasteiger partial charge in [-0.1, -0.05) is 6.07 Å². The summed E-state index contributed by atoms with van der Waals surface area (Å²) < 4.78 is 2.03. The summed E-state index contributed by atoms with van der Waals surface area (Å²) in [5, 5.41) is 8.72. The highest BCUT2D eigenvalue weighted by atomic mass is 32.1. The summed E-state index contributed by atoms with van der Waals surface area (Å²) in [5.41, 5.74) is 5.27. The summed E-state index contributed by atoms with van der Waals surface area (Å²) in [6.07, 6.45) is 0. The van der Waals surface area contributed by atoms with E-state index in [0.717, 1.165) is 4.88 Å². The lowest BCUT2D eigenvalue weighted by molar-refractivity contribution is -0.120. The molecule has 0 aliphatic rings. The first kappa shape index (κ1) is 11.0. The van der Waals surface area contributed by atoms with Crippen LogP contribution in [0.2, 0.25) is 0 Å². The molecule has 1 atom stereocenters. The second-order valence-electron chi connectivity index (χ2n) is 3.28. The lowest BCUT2D eigenvalue weighted by atomic mass is 10.3. The zero-order chi connectivity index (χ0) is 11.7. The minimum atomic E-state index is -0.511. The van der Waals surface area contributed by atoms with E-state index in [9.17, 15) is 4.79 Å². The average Bonchev–Trinajstić information content (AvgIpc) is 2.84. The quantitative estimate of drug-likeness (QED) is 0.819. The SMILES string of the molecule is CC(C(N)=O)n1c(-c2cccs2)n[nH]c1=S. The highest BCUT2D eigenvalue weighted by molar-refractivity contribution is 7.71. The van der Waals surface area contributed by atoms with Crippen molar-refractivity contribution in [1.82, 2.24) is 14.8 Å². The number of rotatable bonds is 3. The van der Waals surface area contributed by atoms with Crippen molar-refractivity contribution in [1.29, 1.82) is 0 Å². The smallest absolute Gasteiger partial charge is 0.240 e. The van der Waals surface area contributed by atoms with Crippen molar-refractivity contribution in [3.8, 4) is 10.7 Å². The molecule has 2 aromatic rings. The van der Waals surface area contributed by atoms with Gasteiger partial charge in [-0.15, -0.1) is 11.3 Å². The summed E-state index contributed by atoms with van der Waals surface area (Å²) in [7, 11) is 0. The molecule has 3 N–H and O–H groups in total. The molecule has 1 amide bonds. The number of nitrogens with two attached hydrogens (primary N) is 1. The molecule has 0 bridgehead atoms. The molecule has 2 heterocycles. The molecule has 0 spiro atoms. The molecule has 2 aromatic heterocycles. The number of H-pyrrole nitrogens is 1. The largest absolute Gasteiger partial charge is 0.368 e. The molecule has 5 nitrogen and oxygen atoms in total. The highest BCUT2D eigenvalue weighted by Crippen LogP contribution is 2.25. The van der Waals surface area contributed by atoms with E-state index in [-0.39, 0.29) is 0 Å². The summed E-state index contributed by atoms with van der Waals surface area (Å²) in [4.78, 5) is 12.1. The fourth-order valence-electron chi connectivity index (χ4n) is 1.37. The molecule has 0 saturated carbocycles. The van der Waals surface area contributed by atoms with Crippen LogP contribution in [0.3, 0.4) is 0 Å². The molecule has 7 heteroatoms. The van der Waals surface area contributed by atoms with Gasteiger partial charge in [-0.25, -0.2) is 0 Å². The van der Waals surface area contributed by atoms with E-state index < -0.39 is 11.9 Å². The van der Waals surface area contributed by atoms with Crippen LogP contribution >= 0.6 is 23.6 Å². The molecule has 1 unspecified atom stereocenters. The number of nitrogens with one attached hydrogen (secondary N) is 1. The molecule has 0 radical (unpaired) electrons. The number of thiophene rings is 1. The molecule has 2 rings (SSSR count). The summed E-state index contributed by atoms with van der Waals surface area (Å²) in [5.74, 6) is 0.210. The van der Waals surface area contributed by atoms with Gasteiger partial charge in [-0.2, -0.15) is 5.10 Å². The number of nitrogens with zero attached hydrogens (tertiary/aromatic N) is 2. The third-order valence-electron chi connectivity index (χ3n) is 2.25. The first-order valence-electron chi connectivity index (χ1n) is 4.61. The Morgan fingerprint density at radius 2 is 2.50 bits per heavy atom. The van der Waals surface area contributed by atoms with Gasteiger partial charge in [0.15, 0.2) is 10.6 Å². The minimum Gasteiger partial charge on any atom is -0.368 e. The van der Waals surface area contributed by atoms with Crippen molar-refractivity contribution in [2.45, 2.75) is 13.0 Å². The fourth-order valence-corrected chi connectivity index (χ4v) is 2.37. The molecule has 0 aliphatic carbocycles. The third-order valence-corrected chi connectivity index (χ3v) is 3.40. The Hall–Kier alpha value is -1.47. The zero-order valence-electron chi connectivity index (χ0n) is 8.51. The molecular formula is C9H10N4OS2. The van der Waals surface area contributed by atoms with Crippen LogP contribution in [0.1, 0.15) is 13.0 Å². The Morgan fingerprint density at radius 1 is 1.75 bits per heavy atom. The summed E-state index contributed by atoms with van der Waals surface area (Å²) in [6, 6.07) is 3.32. The van der Waals surface area contributed by atoms with Gasteiger partial charge in [0.25, 0.3) is 0 Å². The average molecular weight is 254 g/mol. The number of hydrogen-bond acceptors (Lipinski definition) is 4. The number of primary amides is 1.